The van der Waals surface area contributed by atoms with Gasteiger partial charge >= 0.3 is 0 Å². The summed E-state index contributed by atoms with van der Waals surface area (Å²) < 4.78 is 5.63. The molecule has 0 nitrogen and oxygen atoms in total. The maximum atomic E-state index is 2.45. The molecule has 0 aliphatic carbocycles. The first kappa shape index (κ1) is 18.5. The van der Waals surface area contributed by atoms with Crippen molar-refractivity contribution in [3.8, 4) is 20.9 Å². The third kappa shape index (κ3) is 2.55. The second-order valence-electron chi connectivity index (χ2n) is 7.89. The van der Waals surface area contributed by atoms with E-state index in [2.05, 4.69) is 71.8 Å². The van der Waals surface area contributed by atoms with E-state index in [0.29, 0.717) is 0 Å². The van der Waals surface area contributed by atoms with Crippen LogP contribution in [0.25, 0.3) is 61.2 Å². The molecular weight excluding hydrogens is 473 g/mol. The minimum absolute atomic E-state index is 1.37. The van der Waals surface area contributed by atoms with E-state index in [9.17, 15) is 0 Å². The van der Waals surface area contributed by atoms with Crippen LogP contribution in [0, 0.1) is 13.8 Å². The average molecular weight is 489 g/mol. The summed E-state index contributed by atoms with van der Waals surface area (Å²) in [6.45, 7) is 4.45. The molecule has 0 N–H and O–H groups in total. The molecule has 5 heteroatoms. The molecule has 7 rings (SSSR count). The predicted molar refractivity (Wildman–Crippen MR) is 146 cm³/mol. The quantitative estimate of drug-likeness (QED) is 0.227. The number of aryl methyl sites for hydroxylation is 2. The largest absolute Gasteiger partial charge is 0.143 e. The van der Waals surface area contributed by atoms with Gasteiger partial charge in [0.1, 0.15) is 0 Å². The Hall–Kier alpha value is -2.02. The minimum atomic E-state index is 1.37. The van der Waals surface area contributed by atoms with Crippen molar-refractivity contribution in [3.63, 3.8) is 0 Å². The van der Waals surface area contributed by atoms with E-state index in [-0.39, 0.29) is 0 Å². The highest BCUT2D eigenvalue weighted by Gasteiger charge is 2.20. The number of fused-ring (bicyclic) bond motifs is 7. The highest BCUT2D eigenvalue weighted by Crippen LogP contribution is 2.50. The smallest absolute Gasteiger partial charge is 0.0436 e. The third-order valence-electron chi connectivity index (χ3n) is 6.09. The fourth-order valence-electron chi connectivity index (χ4n) is 4.66. The molecule has 0 bridgehead atoms. The zero-order valence-corrected chi connectivity index (χ0v) is 20.9. The zero-order chi connectivity index (χ0) is 20.7. The van der Waals surface area contributed by atoms with Crippen molar-refractivity contribution in [2.75, 3.05) is 0 Å². The van der Waals surface area contributed by atoms with Gasteiger partial charge in [-0.2, -0.15) is 0 Å². The van der Waals surface area contributed by atoms with Crippen LogP contribution in [-0.4, -0.2) is 0 Å². The highest BCUT2D eigenvalue weighted by atomic mass is 32.1. The van der Waals surface area contributed by atoms with Crippen molar-refractivity contribution in [3.05, 3.63) is 69.0 Å². The van der Waals surface area contributed by atoms with Gasteiger partial charge in [0, 0.05) is 61.2 Å². The highest BCUT2D eigenvalue weighted by molar-refractivity contribution is 7.27. The molecule has 0 fully saturated rings. The Morgan fingerprint density at radius 3 is 1.42 bits per heavy atom. The summed E-state index contributed by atoms with van der Waals surface area (Å²) in [7, 11) is 0. The Bertz CT molecular complexity index is 1630. The van der Waals surface area contributed by atoms with Crippen LogP contribution >= 0.6 is 56.7 Å². The van der Waals surface area contributed by atoms with E-state index in [1.165, 1.54) is 72.4 Å². The van der Waals surface area contributed by atoms with Crippen LogP contribution in [-0.2, 0) is 0 Å². The molecule has 0 amide bonds. The molecule has 2 aromatic carbocycles. The van der Waals surface area contributed by atoms with E-state index in [4.69, 9.17) is 0 Å². The van der Waals surface area contributed by atoms with E-state index < -0.39 is 0 Å². The maximum absolute atomic E-state index is 2.45. The van der Waals surface area contributed by atoms with Gasteiger partial charge in [-0.15, -0.1) is 56.7 Å². The van der Waals surface area contributed by atoms with Crippen molar-refractivity contribution in [2.24, 2.45) is 0 Å². The summed E-state index contributed by atoms with van der Waals surface area (Å²) in [6, 6.07) is 14.0. The normalized spacial score (nSPS) is 12.2. The van der Waals surface area contributed by atoms with Crippen molar-refractivity contribution >= 4 is 97.0 Å². The van der Waals surface area contributed by atoms with Crippen molar-refractivity contribution < 1.29 is 0 Å². The van der Waals surface area contributed by atoms with Crippen LogP contribution in [0.2, 0.25) is 0 Å². The molecule has 0 radical (unpaired) electrons. The van der Waals surface area contributed by atoms with Gasteiger partial charge in [-0.25, -0.2) is 0 Å². The lowest BCUT2D eigenvalue weighted by atomic mass is 10.00. The fourth-order valence-corrected chi connectivity index (χ4v) is 9.76. The molecule has 5 heterocycles. The van der Waals surface area contributed by atoms with Crippen molar-refractivity contribution in [1.29, 1.82) is 0 Å². The first-order valence-electron chi connectivity index (χ1n) is 10.1. The zero-order valence-electron chi connectivity index (χ0n) is 16.8. The number of benzene rings is 2. The summed E-state index contributed by atoms with van der Waals surface area (Å²) in [5, 5.41) is 14.6. The van der Waals surface area contributed by atoms with Crippen LogP contribution in [0.3, 0.4) is 0 Å². The lowest BCUT2D eigenvalue weighted by Gasteiger charge is -2.06. The molecule has 5 aromatic heterocycles. The lowest BCUT2D eigenvalue weighted by Crippen LogP contribution is -1.80. The van der Waals surface area contributed by atoms with E-state index in [1.54, 1.807) is 0 Å². The van der Waals surface area contributed by atoms with E-state index in [0.717, 1.165) is 0 Å². The van der Waals surface area contributed by atoms with Crippen LogP contribution < -0.4 is 0 Å². The second-order valence-corrected chi connectivity index (χ2v) is 12.6. The Morgan fingerprint density at radius 1 is 0.548 bits per heavy atom. The van der Waals surface area contributed by atoms with Crippen LogP contribution in [0.15, 0.2) is 57.9 Å². The molecular formula is C26H16S5. The number of rotatable bonds is 2. The van der Waals surface area contributed by atoms with Crippen LogP contribution in [0.1, 0.15) is 11.1 Å². The van der Waals surface area contributed by atoms with Gasteiger partial charge in [0.25, 0.3) is 0 Å². The Labute approximate surface area is 199 Å². The van der Waals surface area contributed by atoms with Crippen molar-refractivity contribution in [1.82, 2.24) is 0 Å². The first-order valence-corrected chi connectivity index (χ1v) is 14.4. The Morgan fingerprint density at radius 2 is 1.00 bits per heavy atom. The first-order chi connectivity index (χ1) is 15.2. The minimum Gasteiger partial charge on any atom is -0.143 e. The molecule has 0 unspecified atom stereocenters. The maximum Gasteiger partial charge on any atom is 0.0436 e. The van der Waals surface area contributed by atoms with Gasteiger partial charge in [0.2, 0.25) is 0 Å². The average Bonchev–Trinajstić information content (AvgIpc) is 3.55. The summed E-state index contributed by atoms with van der Waals surface area (Å²) in [5.74, 6) is 0. The molecule has 0 aliphatic rings. The molecule has 7 aromatic rings. The Balaban J connectivity index is 1.66. The van der Waals surface area contributed by atoms with E-state index >= 15 is 0 Å². The third-order valence-corrected chi connectivity index (χ3v) is 11.2. The molecule has 0 saturated carbocycles. The topological polar surface area (TPSA) is 0 Å². The summed E-state index contributed by atoms with van der Waals surface area (Å²) in [4.78, 5) is 2.81. The second kappa shape index (κ2) is 6.74. The fraction of sp³-hybridized carbons (Fsp3) is 0.0769. The molecule has 0 atom stereocenters. The van der Waals surface area contributed by atoms with Gasteiger partial charge in [-0.3, -0.25) is 0 Å². The number of thiophene rings is 5. The monoisotopic (exact) mass is 488 g/mol. The lowest BCUT2D eigenvalue weighted by molar-refractivity contribution is 1.55. The number of hydrogen-bond acceptors (Lipinski definition) is 5. The van der Waals surface area contributed by atoms with Gasteiger partial charge in [0.15, 0.2) is 0 Å². The SMILES string of the molecule is Cc1ccsc1-c1cc2sc3cc(-c4sccc4C)c4sccc4c3c2c2ccsc12. The standard InChI is InChI=1S/C26H16S5/c1-13-3-7-27-23(13)17-11-19-21(15-5-9-29-25(15)17)22-16-6-10-30-26(16)18(12-20(22)31-19)24-14(2)4-8-28-24/h3-12H,1-2H3. The predicted octanol–water partition coefficient (Wildman–Crippen LogP) is 10.6. The van der Waals surface area contributed by atoms with Gasteiger partial charge < -0.3 is 0 Å². The summed E-state index contributed by atoms with van der Waals surface area (Å²) >= 11 is 9.41. The van der Waals surface area contributed by atoms with Gasteiger partial charge in [-0.05, 0) is 82.9 Å². The van der Waals surface area contributed by atoms with Gasteiger partial charge in [0.05, 0.1) is 0 Å². The van der Waals surface area contributed by atoms with Crippen LogP contribution in [0.5, 0.6) is 0 Å². The molecule has 0 aliphatic heterocycles. The van der Waals surface area contributed by atoms with Crippen molar-refractivity contribution in [2.45, 2.75) is 13.8 Å². The number of hydrogen-bond donors (Lipinski definition) is 0. The Kier molecular flexibility index (Phi) is 4.03. The van der Waals surface area contributed by atoms with Crippen LogP contribution in [0.4, 0.5) is 0 Å². The molecule has 0 saturated heterocycles. The molecule has 31 heavy (non-hydrogen) atoms. The summed E-state index contributed by atoms with van der Waals surface area (Å²) in [6.07, 6.45) is 0. The van der Waals surface area contributed by atoms with Gasteiger partial charge in [-0.1, -0.05) is 0 Å². The van der Waals surface area contributed by atoms with E-state index in [1.807, 2.05) is 56.7 Å². The summed E-state index contributed by atoms with van der Waals surface area (Å²) in [5.41, 5.74) is 5.53. The molecule has 0 spiro atoms. The molecule has 150 valence electrons.